The van der Waals surface area contributed by atoms with E-state index in [-0.39, 0.29) is 61.3 Å². The third-order valence-electron chi connectivity index (χ3n) is 7.40. The first-order valence-corrected chi connectivity index (χ1v) is 15.2. The van der Waals surface area contributed by atoms with E-state index in [1.165, 1.54) is 23.5 Å². The number of sulfonamides is 1. The number of carbonyl (C=O) groups excluding carboxylic acids is 2. The quantitative estimate of drug-likeness (QED) is 0.340. The van der Waals surface area contributed by atoms with Crippen LogP contribution in [-0.4, -0.2) is 88.0 Å². The van der Waals surface area contributed by atoms with Crippen molar-refractivity contribution in [2.45, 2.75) is 43.4 Å². The topological polar surface area (TPSA) is 144 Å². The number of alkyl carbamates (subject to hydrolysis) is 1. The highest BCUT2D eigenvalue weighted by Gasteiger charge is 2.45. The Labute approximate surface area is 241 Å². The van der Waals surface area contributed by atoms with Gasteiger partial charge < -0.3 is 30.0 Å². The predicted octanol–water partition coefficient (Wildman–Crippen LogP) is 1.80. The molecule has 2 aromatic carbocycles. The Morgan fingerprint density at radius 1 is 1.12 bits per heavy atom. The van der Waals surface area contributed by atoms with Gasteiger partial charge in [0.2, 0.25) is 15.9 Å². The minimum atomic E-state index is -3.97. The maximum Gasteiger partial charge on any atom is 0.407 e. The lowest BCUT2D eigenvalue weighted by Crippen LogP contribution is -2.52. The number of methoxy groups -OCH3 is 1. The molecule has 5 atom stereocenters. The summed E-state index contributed by atoms with van der Waals surface area (Å²) in [6, 6.07) is 14.5. The first-order chi connectivity index (χ1) is 19.6. The summed E-state index contributed by atoms with van der Waals surface area (Å²) < 4.78 is 44.8. The van der Waals surface area contributed by atoms with Crippen LogP contribution in [0, 0.1) is 17.8 Å². The number of nitrogens with zero attached hydrogens (tertiary/aromatic N) is 1. The summed E-state index contributed by atoms with van der Waals surface area (Å²) in [4.78, 5) is 25.2. The number of amides is 2. The average molecular weight is 590 g/mol. The minimum Gasteiger partial charge on any atom is -0.497 e. The molecular weight excluding hydrogens is 550 g/mol. The number of aliphatic hydroxyl groups is 1. The average Bonchev–Trinajstić information content (AvgIpc) is 3.34. The third kappa shape index (κ3) is 7.76. The molecule has 2 aliphatic rings. The summed E-state index contributed by atoms with van der Waals surface area (Å²) in [6.07, 6.45) is -2.43. The highest BCUT2D eigenvalue weighted by Crippen LogP contribution is 2.28. The van der Waals surface area contributed by atoms with Crippen molar-refractivity contribution in [2.24, 2.45) is 17.8 Å². The maximum absolute atomic E-state index is 13.6. The van der Waals surface area contributed by atoms with E-state index < -0.39 is 34.4 Å². The van der Waals surface area contributed by atoms with Gasteiger partial charge in [-0.15, -0.1) is 0 Å². The van der Waals surface area contributed by atoms with Crippen LogP contribution in [0.5, 0.6) is 5.75 Å². The Morgan fingerprint density at radius 3 is 2.49 bits per heavy atom. The summed E-state index contributed by atoms with van der Waals surface area (Å²) in [5, 5.41) is 17.0. The number of hydrogen-bond acceptors (Lipinski definition) is 8. The molecule has 2 amide bonds. The molecule has 4 rings (SSSR count). The molecular formula is C29H39N3O8S. The Balaban J connectivity index is 1.51. The van der Waals surface area contributed by atoms with Crippen molar-refractivity contribution in [1.29, 1.82) is 0 Å². The van der Waals surface area contributed by atoms with Crippen molar-refractivity contribution in [1.82, 2.24) is 14.9 Å². The zero-order valence-electron chi connectivity index (χ0n) is 23.6. The van der Waals surface area contributed by atoms with Gasteiger partial charge in [-0.3, -0.25) is 4.79 Å². The van der Waals surface area contributed by atoms with Crippen molar-refractivity contribution in [3.05, 3.63) is 60.2 Å². The molecule has 0 bridgehead atoms. The molecule has 3 N–H and O–H groups in total. The Hall–Kier alpha value is -3.19. The van der Waals surface area contributed by atoms with Gasteiger partial charge in [0.15, 0.2) is 0 Å². The highest BCUT2D eigenvalue weighted by molar-refractivity contribution is 7.89. The number of fused-ring (bicyclic) bond motifs is 1. The second-order valence-electron chi connectivity index (χ2n) is 10.9. The molecule has 0 spiro atoms. The molecule has 2 heterocycles. The normalized spacial score (nSPS) is 22.1. The smallest absolute Gasteiger partial charge is 0.407 e. The van der Waals surface area contributed by atoms with E-state index in [2.05, 4.69) is 10.6 Å². The van der Waals surface area contributed by atoms with Crippen molar-refractivity contribution < 1.29 is 37.3 Å². The fourth-order valence-corrected chi connectivity index (χ4v) is 6.84. The van der Waals surface area contributed by atoms with Crippen molar-refractivity contribution in [2.75, 3.05) is 40.0 Å². The molecule has 3 unspecified atom stereocenters. The van der Waals surface area contributed by atoms with Crippen molar-refractivity contribution >= 4 is 22.0 Å². The van der Waals surface area contributed by atoms with E-state index in [1.807, 2.05) is 44.2 Å². The van der Waals surface area contributed by atoms with Crippen LogP contribution >= 0.6 is 0 Å². The summed E-state index contributed by atoms with van der Waals surface area (Å²) in [5.74, 6) is -0.194. The molecule has 2 aromatic rings. The van der Waals surface area contributed by atoms with E-state index >= 15 is 0 Å². The largest absolute Gasteiger partial charge is 0.497 e. The second kappa shape index (κ2) is 13.6. The maximum atomic E-state index is 13.6. The minimum absolute atomic E-state index is 0.0253. The molecule has 0 radical (unpaired) electrons. The van der Waals surface area contributed by atoms with Gasteiger partial charge in [0.1, 0.15) is 11.9 Å². The van der Waals surface area contributed by atoms with Crippen molar-refractivity contribution in [3.8, 4) is 5.75 Å². The Bertz CT molecular complexity index is 1270. The van der Waals surface area contributed by atoms with Gasteiger partial charge in [-0.2, -0.15) is 4.31 Å². The molecule has 41 heavy (non-hydrogen) atoms. The van der Waals surface area contributed by atoms with Crippen LogP contribution in [0.3, 0.4) is 0 Å². The molecule has 12 heteroatoms. The van der Waals surface area contributed by atoms with Crippen LogP contribution in [0.1, 0.15) is 19.4 Å². The number of benzene rings is 2. The lowest BCUT2D eigenvalue weighted by Gasteiger charge is -2.33. The van der Waals surface area contributed by atoms with E-state index in [9.17, 15) is 23.1 Å². The van der Waals surface area contributed by atoms with E-state index in [1.54, 1.807) is 12.1 Å². The first kappa shape index (κ1) is 30.8. The van der Waals surface area contributed by atoms with Gasteiger partial charge in [-0.1, -0.05) is 44.2 Å². The molecule has 11 nitrogen and oxygen atoms in total. The number of carbonyl (C=O) groups is 2. The van der Waals surface area contributed by atoms with Gasteiger partial charge in [0.25, 0.3) is 0 Å². The fraction of sp³-hybridized carbons (Fsp3) is 0.517. The van der Waals surface area contributed by atoms with Gasteiger partial charge in [0, 0.05) is 25.6 Å². The lowest BCUT2D eigenvalue weighted by molar-refractivity contribution is -0.131. The number of hydrogen-bond donors (Lipinski definition) is 3. The molecule has 0 aliphatic carbocycles. The first-order valence-electron chi connectivity index (χ1n) is 13.8. The fourth-order valence-electron chi connectivity index (χ4n) is 5.22. The summed E-state index contributed by atoms with van der Waals surface area (Å²) in [7, 11) is -2.47. The number of rotatable bonds is 12. The molecule has 2 fully saturated rings. The summed E-state index contributed by atoms with van der Waals surface area (Å²) in [6.45, 7) is 4.54. The number of ether oxygens (including phenoxy) is 3. The zero-order chi connectivity index (χ0) is 29.6. The predicted molar refractivity (Wildman–Crippen MR) is 151 cm³/mol. The molecule has 0 aromatic heterocycles. The summed E-state index contributed by atoms with van der Waals surface area (Å²) >= 11 is 0. The van der Waals surface area contributed by atoms with E-state index in [4.69, 9.17) is 14.2 Å². The van der Waals surface area contributed by atoms with Gasteiger partial charge >= 0.3 is 6.09 Å². The summed E-state index contributed by atoms with van der Waals surface area (Å²) in [5.41, 5.74) is 0.844. The third-order valence-corrected chi connectivity index (χ3v) is 9.25. The van der Waals surface area contributed by atoms with Crippen LogP contribution in [0.4, 0.5) is 4.79 Å². The van der Waals surface area contributed by atoms with Gasteiger partial charge in [0.05, 0.1) is 43.3 Å². The highest BCUT2D eigenvalue weighted by atomic mass is 32.2. The molecule has 224 valence electrons. The van der Waals surface area contributed by atoms with E-state index in [0.29, 0.717) is 12.3 Å². The van der Waals surface area contributed by atoms with Crippen LogP contribution < -0.4 is 15.4 Å². The number of aliphatic hydroxyl groups excluding tert-OH is 1. The molecule has 0 saturated carbocycles. The van der Waals surface area contributed by atoms with E-state index in [0.717, 1.165) is 5.56 Å². The molecule has 2 saturated heterocycles. The van der Waals surface area contributed by atoms with Crippen LogP contribution in [0.25, 0.3) is 0 Å². The monoisotopic (exact) mass is 589 g/mol. The Kier molecular flexibility index (Phi) is 10.2. The van der Waals surface area contributed by atoms with Gasteiger partial charge in [-0.05, 0) is 42.2 Å². The zero-order valence-corrected chi connectivity index (χ0v) is 24.4. The van der Waals surface area contributed by atoms with Gasteiger partial charge in [-0.25, -0.2) is 13.2 Å². The Morgan fingerprint density at radius 2 is 1.83 bits per heavy atom. The van der Waals surface area contributed by atoms with Crippen LogP contribution in [0.2, 0.25) is 0 Å². The van der Waals surface area contributed by atoms with Crippen LogP contribution in [-0.2, 0) is 30.7 Å². The van der Waals surface area contributed by atoms with Crippen LogP contribution in [0.15, 0.2) is 59.5 Å². The SMILES string of the molecule is COc1ccc(S(=O)(=O)N(CC(C)C)C[C@H](O)[C@@H](Cc2ccccc2)NC(=O)OC2COCC3C(=O)NCC23)cc1. The second-order valence-corrected chi connectivity index (χ2v) is 12.8. The van der Waals surface area contributed by atoms with Crippen molar-refractivity contribution in [3.63, 3.8) is 0 Å². The lowest BCUT2D eigenvalue weighted by atomic mass is 9.89. The number of nitrogens with one attached hydrogen (secondary N) is 2. The standard InChI is InChI=1S/C29H39N3O8S/c1-19(2)15-32(41(36,37)22-11-9-21(38-3)10-12-22)16-26(33)25(13-20-7-5-4-6-8-20)31-29(35)40-27-18-39-17-24-23(27)14-30-28(24)34/h4-12,19,23-27,33H,13-18H2,1-3H3,(H,30,34)(H,31,35)/t23?,24?,25-,26+,27?/m1/s1. The molecule has 2 aliphatic heterocycles.